The molecule has 28 heavy (non-hydrogen) atoms. The first-order valence-corrected chi connectivity index (χ1v) is 8.19. The van der Waals surface area contributed by atoms with Crippen LogP contribution in [0.2, 0.25) is 0 Å². The van der Waals surface area contributed by atoms with E-state index in [-0.39, 0.29) is 5.69 Å². The fraction of sp³-hybridized carbons (Fsp3) is 0.100. The van der Waals surface area contributed by atoms with Crippen molar-refractivity contribution in [2.75, 3.05) is 14.2 Å². The molecule has 1 aromatic heterocycles. The van der Waals surface area contributed by atoms with Gasteiger partial charge in [-0.1, -0.05) is 12.1 Å². The third-order valence-electron chi connectivity index (χ3n) is 4.13. The van der Waals surface area contributed by atoms with E-state index in [1.165, 1.54) is 26.4 Å². The highest BCUT2D eigenvalue weighted by atomic mass is 16.6. The molecule has 0 aliphatic heterocycles. The van der Waals surface area contributed by atoms with E-state index in [0.717, 1.165) is 0 Å². The number of aromatic amines is 1. The number of nitro benzene ring substituents is 1. The van der Waals surface area contributed by atoms with Gasteiger partial charge in [0.15, 0.2) is 11.5 Å². The molecule has 0 aliphatic carbocycles. The molecule has 0 bridgehead atoms. The quantitative estimate of drug-likeness (QED) is 0.394. The number of ether oxygens (including phenoxy) is 2. The van der Waals surface area contributed by atoms with Crippen LogP contribution in [-0.2, 0) is 0 Å². The Labute approximate surface area is 160 Å². The summed E-state index contributed by atoms with van der Waals surface area (Å²) in [6.45, 7) is 0. The maximum Gasteiger partial charge on any atom is 0.270 e. The van der Waals surface area contributed by atoms with E-state index >= 15 is 0 Å². The van der Waals surface area contributed by atoms with Crippen LogP contribution in [0.5, 0.6) is 11.5 Å². The number of aromatic nitrogens is 2. The van der Waals surface area contributed by atoms with Gasteiger partial charge in [-0.25, -0.2) is 0 Å². The lowest BCUT2D eigenvalue weighted by Crippen LogP contribution is -1.92. The summed E-state index contributed by atoms with van der Waals surface area (Å²) >= 11 is 0. The molecule has 8 heteroatoms. The number of nitrogens with zero attached hydrogens (tertiary/aromatic N) is 3. The molecule has 0 atom stereocenters. The summed E-state index contributed by atoms with van der Waals surface area (Å²) < 4.78 is 10.5. The van der Waals surface area contributed by atoms with Crippen molar-refractivity contribution in [3.8, 4) is 28.8 Å². The van der Waals surface area contributed by atoms with E-state index in [2.05, 4.69) is 16.3 Å². The van der Waals surface area contributed by atoms with E-state index in [4.69, 9.17) is 9.47 Å². The molecule has 0 unspecified atom stereocenters. The van der Waals surface area contributed by atoms with Gasteiger partial charge in [-0.3, -0.25) is 15.2 Å². The summed E-state index contributed by atoms with van der Waals surface area (Å²) in [6.07, 6.45) is 3.23. The molecular formula is C20H16N4O4. The Bertz CT molecular complexity index is 1100. The first-order valence-electron chi connectivity index (χ1n) is 8.19. The highest BCUT2D eigenvalue weighted by molar-refractivity contribution is 5.92. The first-order chi connectivity index (χ1) is 13.6. The van der Waals surface area contributed by atoms with Crippen molar-refractivity contribution in [3.05, 3.63) is 69.9 Å². The molecule has 140 valence electrons. The number of hydrogen-bond donors (Lipinski definition) is 1. The molecular weight excluding hydrogens is 360 g/mol. The molecule has 0 saturated carbocycles. The molecule has 0 amide bonds. The van der Waals surface area contributed by atoms with Gasteiger partial charge in [0, 0.05) is 23.3 Å². The number of nitro groups is 1. The SMILES string of the molecule is COc1ccc(/C(C#N)=C\c2cn[nH]c2-c2cccc([N+](=O)[O-])c2)cc1OC. The van der Waals surface area contributed by atoms with Crippen LogP contribution in [0.4, 0.5) is 5.69 Å². The molecule has 0 spiro atoms. The molecule has 0 radical (unpaired) electrons. The van der Waals surface area contributed by atoms with Crippen LogP contribution in [0.3, 0.4) is 0 Å². The largest absolute Gasteiger partial charge is 0.493 e. The van der Waals surface area contributed by atoms with E-state index in [0.29, 0.717) is 39.5 Å². The minimum Gasteiger partial charge on any atom is -0.493 e. The highest BCUT2D eigenvalue weighted by Gasteiger charge is 2.13. The number of nitrogens with one attached hydrogen (secondary N) is 1. The van der Waals surface area contributed by atoms with Crippen LogP contribution < -0.4 is 9.47 Å². The van der Waals surface area contributed by atoms with Gasteiger partial charge in [0.05, 0.1) is 42.7 Å². The van der Waals surface area contributed by atoms with E-state index in [1.807, 2.05) is 0 Å². The number of methoxy groups -OCH3 is 2. The summed E-state index contributed by atoms with van der Waals surface area (Å²) in [4.78, 5) is 10.6. The van der Waals surface area contributed by atoms with Gasteiger partial charge < -0.3 is 9.47 Å². The third kappa shape index (κ3) is 3.68. The monoisotopic (exact) mass is 376 g/mol. The lowest BCUT2D eigenvalue weighted by atomic mass is 10.0. The minimum absolute atomic E-state index is 0.0255. The molecule has 0 saturated heterocycles. The van der Waals surface area contributed by atoms with E-state index in [9.17, 15) is 15.4 Å². The zero-order valence-corrected chi connectivity index (χ0v) is 15.2. The van der Waals surface area contributed by atoms with Crippen molar-refractivity contribution in [1.82, 2.24) is 10.2 Å². The molecule has 3 rings (SSSR count). The number of rotatable bonds is 6. The number of benzene rings is 2. The summed E-state index contributed by atoms with van der Waals surface area (Å²) in [7, 11) is 3.06. The molecule has 0 aliphatic rings. The van der Waals surface area contributed by atoms with Crippen molar-refractivity contribution in [1.29, 1.82) is 5.26 Å². The van der Waals surface area contributed by atoms with E-state index < -0.39 is 4.92 Å². The Hall–Kier alpha value is -4.12. The van der Waals surface area contributed by atoms with Crippen molar-refractivity contribution in [2.24, 2.45) is 0 Å². The molecule has 1 heterocycles. The van der Waals surface area contributed by atoms with Gasteiger partial charge >= 0.3 is 0 Å². The minimum atomic E-state index is -0.459. The van der Waals surface area contributed by atoms with Crippen molar-refractivity contribution in [2.45, 2.75) is 0 Å². The zero-order chi connectivity index (χ0) is 20.1. The summed E-state index contributed by atoms with van der Waals surface area (Å²) in [6, 6.07) is 13.6. The van der Waals surface area contributed by atoms with E-state index in [1.54, 1.807) is 42.6 Å². The number of nitriles is 1. The second-order valence-electron chi connectivity index (χ2n) is 5.75. The van der Waals surface area contributed by atoms with Crippen molar-refractivity contribution < 1.29 is 14.4 Å². The first kappa shape index (κ1) is 18.7. The molecule has 0 fully saturated rings. The second-order valence-corrected chi connectivity index (χ2v) is 5.75. The Morgan fingerprint density at radius 2 is 2.00 bits per heavy atom. The second kappa shape index (κ2) is 8.05. The highest BCUT2D eigenvalue weighted by Crippen LogP contribution is 2.32. The normalized spacial score (nSPS) is 11.0. The third-order valence-corrected chi connectivity index (χ3v) is 4.13. The smallest absolute Gasteiger partial charge is 0.270 e. The van der Waals surface area contributed by atoms with Gasteiger partial charge in [-0.05, 0) is 29.8 Å². The molecule has 3 aromatic rings. The zero-order valence-electron chi connectivity index (χ0n) is 15.2. The Balaban J connectivity index is 2.04. The Morgan fingerprint density at radius 1 is 1.21 bits per heavy atom. The number of H-pyrrole nitrogens is 1. The van der Waals surface area contributed by atoms with Gasteiger partial charge in [-0.2, -0.15) is 10.4 Å². The van der Waals surface area contributed by atoms with Crippen LogP contribution in [0.15, 0.2) is 48.7 Å². The van der Waals surface area contributed by atoms with Gasteiger partial charge in [0.25, 0.3) is 5.69 Å². The average molecular weight is 376 g/mol. The Kier molecular flexibility index (Phi) is 5.37. The average Bonchev–Trinajstić information content (AvgIpc) is 3.19. The fourth-order valence-electron chi connectivity index (χ4n) is 2.75. The maximum absolute atomic E-state index is 11.0. The summed E-state index contributed by atoms with van der Waals surface area (Å²) in [5.41, 5.74) is 2.81. The molecule has 1 N–H and O–H groups in total. The molecule has 8 nitrogen and oxygen atoms in total. The maximum atomic E-state index is 11.0. The molecule has 2 aromatic carbocycles. The Morgan fingerprint density at radius 3 is 2.68 bits per heavy atom. The standard InChI is InChI=1S/C20H16N4O4/c1-27-18-7-6-13(10-19(18)28-2)15(11-21)8-16-12-22-23-20(16)14-4-3-5-17(9-14)24(25)26/h3-10,12H,1-2H3,(H,22,23)/b15-8-. The van der Waals surface area contributed by atoms with Gasteiger partial charge in [-0.15, -0.1) is 0 Å². The predicted molar refractivity (Wildman–Crippen MR) is 104 cm³/mol. The topological polar surface area (TPSA) is 114 Å². The number of allylic oxidation sites excluding steroid dienone is 1. The lowest BCUT2D eigenvalue weighted by Gasteiger charge is -2.09. The fourth-order valence-corrected chi connectivity index (χ4v) is 2.75. The van der Waals surface area contributed by atoms with Gasteiger partial charge in [0.2, 0.25) is 0 Å². The number of hydrogen-bond acceptors (Lipinski definition) is 6. The lowest BCUT2D eigenvalue weighted by molar-refractivity contribution is -0.384. The van der Waals surface area contributed by atoms with Crippen molar-refractivity contribution in [3.63, 3.8) is 0 Å². The van der Waals surface area contributed by atoms with Crippen LogP contribution in [0.25, 0.3) is 22.9 Å². The summed E-state index contributed by atoms with van der Waals surface area (Å²) in [5, 5.41) is 27.5. The van der Waals surface area contributed by atoms with Crippen LogP contribution in [0, 0.1) is 21.4 Å². The van der Waals surface area contributed by atoms with Crippen LogP contribution in [-0.4, -0.2) is 29.3 Å². The predicted octanol–water partition coefficient (Wildman–Crippen LogP) is 4.07. The van der Waals surface area contributed by atoms with Crippen molar-refractivity contribution >= 4 is 17.3 Å². The summed E-state index contributed by atoms with van der Waals surface area (Å²) in [5.74, 6) is 1.07. The van der Waals surface area contributed by atoms with Gasteiger partial charge in [0.1, 0.15) is 0 Å². The van der Waals surface area contributed by atoms with Crippen LogP contribution in [0.1, 0.15) is 11.1 Å². The van der Waals surface area contributed by atoms with Crippen LogP contribution >= 0.6 is 0 Å². The number of non-ortho nitro benzene ring substituents is 1.